The van der Waals surface area contributed by atoms with Gasteiger partial charge in [-0.3, -0.25) is 0 Å². The lowest BCUT2D eigenvalue weighted by atomic mass is 10.1. The predicted octanol–water partition coefficient (Wildman–Crippen LogP) is 3.04. The van der Waals surface area contributed by atoms with Crippen molar-refractivity contribution in [3.63, 3.8) is 0 Å². The summed E-state index contributed by atoms with van der Waals surface area (Å²) in [6, 6.07) is 14.4. The summed E-state index contributed by atoms with van der Waals surface area (Å²) in [4.78, 5) is 23.8. The average molecular weight is 342 g/mol. The van der Waals surface area contributed by atoms with E-state index >= 15 is 0 Å². The minimum atomic E-state index is -0.485. The number of methoxy groups -OCH3 is 2. The van der Waals surface area contributed by atoms with Gasteiger partial charge in [0.2, 0.25) is 0 Å². The molecule has 0 saturated heterocycles. The molecule has 2 N–H and O–H groups in total. The van der Waals surface area contributed by atoms with Crippen molar-refractivity contribution in [1.82, 2.24) is 10.6 Å². The van der Waals surface area contributed by atoms with Gasteiger partial charge in [-0.05, 0) is 30.2 Å². The summed E-state index contributed by atoms with van der Waals surface area (Å²) in [5, 5.41) is 5.65. The van der Waals surface area contributed by atoms with Crippen LogP contribution in [0, 0.1) is 0 Å². The molecule has 0 fully saturated rings. The Balaban J connectivity index is 1.96. The molecule has 0 saturated carbocycles. The first-order valence-corrected chi connectivity index (χ1v) is 7.89. The third-order valence-electron chi connectivity index (χ3n) is 3.77. The molecule has 0 aromatic heterocycles. The van der Waals surface area contributed by atoms with Crippen molar-refractivity contribution in [2.24, 2.45) is 0 Å². The molecule has 0 aliphatic rings. The maximum Gasteiger partial charge on any atom is 0.341 e. The van der Waals surface area contributed by atoms with Gasteiger partial charge in [-0.1, -0.05) is 36.4 Å². The molecular weight excluding hydrogens is 320 g/mol. The molecule has 0 spiro atoms. The molecule has 2 amide bonds. The van der Waals surface area contributed by atoms with E-state index in [-0.39, 0.29) is 18.6 Å². The molecule has 2 aromatic carbocycles. The van der Waals surface area contributed by atoms with Crippen molar-refractivity contribution in [1.29, 1.82) is 0 Å². The zero-order valence-corrected chi connectivity index (χ0v) is 14.5. The molecule has 132 valence electrons. The molecule has 1 atom stereocenters. The van der Waals surface area contributed by atoms with Crippen LogP contribution < -0.4 is 15.4 Å². The Labute approximate surface area is 147 Å². The molecule has 0 radical (unpaired) electrons. The van der Waals surface area contributed by atoms with Crippen LogP contribution in [-0.4, -0.2) is 26.2 Å². The molecule has 1 unspecified atom stereocenters. The first-order valence-electron chi connectivity index (χ1n) is 7.89. The number of nitrogens with one attached hydrogen (secondary N) is 2. The van der Waals surface area contributed by atoms with Gasteiger partial charge in [0.05, 0.1) is 20.3 Å². The minimum Gasteiger partial charge on any atom is -0.496 e. The van der Waals surface area contributed by atoms with Gasteiger partial charge in [-0.2, -0.15) is 0 Å². The minimum absolute atomic E-state index is 0.109. The lowest BCUT2D eigenvalue weighted by Crippen LogP contribution is -2.36. The molecular formula is C19H22N2O4. The van der Waals surface area contributed by atoms with Crippen molar-refractivity contribution in [3.05, 3.63) is 65.2 Å². The van der Waals surface area contributed by atoms with Gasteiger partial charge in [0.25, 0.3) is 0 Å². The first kappa shape index (κ1) is 18.3. The number of benzene rings is 2. The average Bonchev–Trinajstić information content (AvgIpc) is 2.66. The van der Waals surface area contributed by atoms with Crippen molar-refractivity contribution in [2.45, 2.75) is 19.5 Å². The normalized spacial score (nSPS) is 11.3. The summed E-state index contributed by atoms with van der Waals surface area (Å²) in [7, 11) is 2.79. The summed E-state index contributed by atoms with van der Waals surface area (Å²) in [6.45, 7) is 2.19. The van der Waals surface area contributed by atoms with Crippen LogP contribution in [0.1, 0.15) is 34.5 Å². The Hall–Kier alpha value is -3.02. The zero-order chi connectivity index (χ0) is 18.2. The largest absolute Gasteiger partial charge is 0.496 e. The van der Waals surface area contributed by atoms with Crippen LogP contribution >= 0.6 is 0 Å². The lowest BCUT2D eigenvalue weighted by molar-refractivity contribution is 0.0597. The standard InChI is InChI=1S/C19H22N2O4/c1-13(15-7-5-4-6-8-15)21-19(23)20-12-14-9-10-17(24-2)16(11-14)18(22)25-3/h4-11,13H,12H2,1-3H3,(H2,20,21,23). The fourth-order valence-electron chi connectivity index (χ4n) is 2.39. The van der Waals surface area contributed by atoms with Crippen LogP contribution in [0.25, 0.3) is 0 Å². The summed E-state index contributed by atoms with van der Waals surface area (Å²) in [5.41, 5.74) is 2.11. The van der Waals surface area contributed by atoms with Crippen LogP contribution in [-0.2, 0) is 11.3 Å². The summed E-state index contributed by atoms with van der Waals surface area (Å²) in [6.07, 6.45) is 0. The highest BCUT2D eigenvalue weighted by atomic mass is 16.5. The second kappa shape index (κ2) is 8.73. The number of amides is 2. The summed E-state index contributed by atoms with van der Waals surface area (Å²) in [5.74, 6) is -0.0568. The molecule has 25 heavy (non-hydrogen) atoms. The number of hydrogen-bond donors (Lipinski definition) is 2. The molecule has 6 nitrogen and oxygen atoms in total. The number of rotatable bonds is 6. The van der Waals surface area contributed by atoms with E-state index < -0.39 is 5.97 Å². The van der Waals surface area contributed by atoms with Crippen LogP contribution in [0.5, 0.6) is 5.75 Å². The molecule has 0 aliphatic heterocycles. The van der Waals surface area contributed by atoms with Crippen molar-refractivity contribution < 1.29 is 19.1 Å². The first-order chi connectivity index (χ1) is 12.0. The Morgan fingerprint density at radius 1 is 1.08 bits per heavy atom. The topological polar surface area (TPSA) is 76.7 Å². The van der Waals surface area contributed by atoms with Crippen molar-refractivity contribution in [2.75, 3.05) is 14.2 Å². The second-order valence-electron chi connectivity index (χ2n) is 5.49. The highest BCUT2D eigenvalue weighted by Gasteiger charge is 2.14. The van der Waals surface area contributed by atoms with Crippen LogP contribution in [0.15, 0.2) is 48.5 Å². The third-order valence-corrected chi connectivity index (χ3v) is 3.77. The molecule has 2 aromatic rings. The zero-order valence-electron chi connectivity index (χ0n) is 14.5. The molecule has 0 bridgehead atoms. The lowest BCUT2D eigenvalue weighted by Gasteiger charge is -2.15. The van der Waals surface area contributed by atoms with Gasteiger partial charge in [-0.15, -0.1) is 0 Å². The number of urea groups is 1. The summed E-state index contributed by atoms with van der Waals surface area (Å²) >= 11 is 0. The maximum absolute atomic E-state index is 12.1. The molecule has 0 aliphatic carbocycles. The Morgan fingerprint density at radius 2 is 1.80 bits per heavy atom. The van der Waals surface area contributed by atoms with E-state index in [0.717, 1.165) is 11.1 Å². The van der Waals surface area contributed by atoms with E-state index in [1.165, 1.54) is 14.2 Å². The quantitative estimate of drug-likeness (QED) is 0.791. The monoisotopic (exact) mass is 342 g/mol. The Bertz CT molecular complexity index is 731. The maximum atomic E-state index is 12.1. The van der Waals surface area contributed by atoms with Crippen molar-refractivity contribution >= 4 is 12.0 Å². The smallest absolute Gasteiger partial charge is 0.341 e. The summed E-state index contributed by atoms with van der Waals surface area (Å²) < 4.78 is 9.89. The number of esters is 1. The van der Waals surface area contributed by atoms with Crippen LogP contribution in [0.2, 0.25) is 0 Å². The SMILES string of the molecule is COC(=O)c1cc(CNC(=O)NC(C)c2ccccc2)ccc1OC. The van der Waals surface area contributed by atoms with Crippen molar-refractivity contribution in [3.8, 4) is 5.75 Å². The highest BCUT2D eigenvalue weighted by Crippen LogP contribution is 2.20. The van der Waals surface area contributed by atoms with Gasteiger partial charge < -0.3 is 20.1 Å². The highest BCUT2D eigenvalue weighted by molar-refractivity contribution is 5.92. The number of carbonyl (C=O) groups is 2. The second-order valence-corrected chi connectivity index (χ2v) is 5.49. The third kappa shape index (κ3) is 4.97. The Kier molecular flexibility index (Phi) is 6.39. The molecule has 2 rings (SSSR count). The van der Waals surface area contributed by atoms with Gasteiger partial charge in [0.15, 0.2) is 0 Å². The van der Waals surface area contributed by atoms with E-state index in [4.69, 9.17) is 9.47 Å². The van der Waals surface area contributed by atoms with Gasteiger partial charge in [0.1, 0.15) is 11.3 Å². The van der Waals surface area contributed by atoms with E-state index in [1.54, 1.807) is 18.2 Å². The molecule has 6 heteroatoms. The number of ether oxygens (including phenoxy) is 2. The van der Waals surface area contributed by atoms with Gasteiger partial charge >= 0.3 is 12.0 Å². The van der Waals surface area contributed by atoms with Gasteiger partial charge in [-0.25, -0.2) is 9.59 Å². The van der Waals surface area contributed by atoms with E-state index in [2.05, 4.69) is 10.6 Å². The fourth-order valence-corrected chi connectivity index (χ4v) is 2.39. The van der Waals surface area contributed by atoms with Gasteiger partial charge in [0, 0.05) is 6.54 Å². The van der Waals surface area contributed by atoms with E-state index in [0.29, 0.717) is 11.3 Å². The van der Waals surface area contributed by atoms with Crippen LogP contribution in [0.4, 0.5) is 4.79 Å². The number of carbonyl (C=O) groups excluding carboxylic acids is 2. The van der Waals surface area contributed by atoms with Crippen LogP contribution in [0.3, 0.4) is 0 Å². The predicted molar refractivity (Wildman–Crippen MR) is 94.6 cm³/mol. The fraction of sp³-hybridized carbons (Fsp3) is 0.263. The Morgan fingerprint density at radius 3 is 2.44 bits per heavy atom. The number of hydrogen-bond acceptors (Lipinski definition) is 4. The van der Waals surface area contributed by atoms with E-state index in [1.807, 2.05) is 37.3 Å². The molecule has 0 heterocycles. The van der Waals surface area contributed by atoms with E-state index in [9.17, 15) is 9.59 Å².